The number of urea groups is 1. The third-order valence-electron chi connectivity index (χ3n) is 7.75. The Morgan fingerprint density at radius 3 is 2.05 bits per heavy atom. The standard InChI is InChI=1S/C19H20FN3O.C8H11N.C6H12O.C5H12N2O.C2H6.CH3NO.CH2O2/c1-21-10-11-2-4-12(5-3-11)18-14-6-7-22-19(24)15-8-13(20)9-16(23-18)17(14)15;1-2-7-3-5-8(9)6-4-7;1-6(2)4-3-5-7;1-3-4-7-5(8)6-2;1-2;2*2-1-3/h2-5,9,13,21,23H,6-8,10H2,1H3,(H,22,24);3-6H,2,9H2,1H3;5-6H,3-4H2,1-2H3;3-4H2,1-2H3,(H2,6,7,8);1-2H3;1H,(H2,2,3);1H,(H,2,3). The number of primary amides is 1. The van der Waals surface area contributed by atoms with Crippen molar-refractivity contribution < 1.29 is 33.5 Å². The Bertz CT molecular complexity index is 1650. The molecule has 56 heavy (non-hydrogen) atoms. The molecule has 0 spiro atoms. The van der Waals surface area contributed by atoms with E-state index in [1.165, 1.54) is 11.1 Å². The number of aldehydes is 1. The van der Waals surface area contributed by atoms with E-state index in [2.05, 4.69) is 89.2 Å². The van der Waals surface area contributed by atoms with Gasteiger partial charge in [0.2, 0.25) is 12.3 Å². The highest BCUT2D eigenvalue weighted by atomic mass is 19.1. The minimum Gasteiger partial charge on any atom is -0.483 e. The first-order chi connectivity index (χ1) is 26.9. The Hall–Kier alpha value is -5.50. The first-order valence-electron chi connectivity index (χ1n) is 19.0. The number of rotatable bonds is 9. The van der Waals surface area contributed by atoms with Crippen LogP contribution in [0.2, 0.25) is 0 Å². The Balaban J connectivity index is 0. The van der Waals surface area contributed by atoms with Crippen LogP contribution >= 0.6 is 0 Å². The second-order valence-corrected chi connectivity index (χ2v) is 12.3. The molecule has 2 heterocycles. The molecule has 0 bridgehead atoms. The van der Waals surface area contributed by atoms with Crippen LogP contribution in [0.25, 0.3) is 22.9 Å². The molecule has 0 radical (unpaired) electrons. The van der Waals surface area contributed by atoms with Crippen molar-refractivity contribution >= 4 is 48.4 Å². The number of nitrogens with two attached hydrogens (primary N) is 2. The molecule has 10 N–H and O–H groups in total. The molecule has 4 amide bonds. The summed E-state index contributed by atoms with van der Waals surface area (Å²) < 4.78 is 14.0. The van der Waals surface area contributed by atoms with Crippen molar-refractivity contribution in [2.45, 2.75) is 92.8 Å². The number of hydrogen-bond donors (Lipinski definition) is 8. The number of carbonyl (C=O) groups excluding carboxylic acids is 4. The summed E-state index contributed by atoms with van der Waals surface area (Å²) in [7, 11) is 3.52. The molecule has 1 aromatic heterocycles. The normalized spacial score (nSPS) is 12.7. The molecule has 0 saturated carbocycles. The molecule has 3 aromatic rings. The number of aromatic amines is 1. The van der Waals surface area contributed by atoms with Gasteiger partial charge in [-0.15, -0.1) is 0 Å². The summed E-state index contributed by atoms with van der Waals surface area (Å²) in [4.78, 5) is 52.6. The van der Waals surface area contributed by atoms with Gasteiger partial charge in [-0.1, -0.05) is 77.9 Å². The first kappa shape index (κ1) is 52.6. The number of nitrogen functional groups attached to an aromatic ring is 1. The van der Waals surface area contributed by atoms with Crippen LogP contribution in [0.4, 0.5) is 14.9 Å². The van der Waals surface area contributed by atoms with E-state index in [4.69, 9.17) is 20.4 Å². The van der Waals surface area contributed by atoms with Crippen molar-refractivity contribution in [1.82, 2.24) is 26.3 Å². The van der Waals surface area contributed by atoms with Crippen molar-refractivity contribution in [3.63, 3.8) is 0 Å². The van der Waals surface area contributed by atoms with E-state index in [1.54, 1.807) is 13.1 Å². The number of carbonyl (C=O) groups is 5. The number of hydrogen-bond acceptors (Lipinski definition) is 7. The fraction of sp³-hybridized carbons (Fsp3) is 0.452. The summed E-state index contributed by atoms with van der Waals surface area (Å²) >= 11 is 0. The zero-order chi connectivity index (χ0) is 42.9. The van der Waals surface area contributed by atoms with Crippen molar-refractivity contribution in [3.8, 4) is 11.3 Å². The molecule has 13 nitrogen and oxygen atoms in total. The number of aryl methyl sites for hydroxylation is 1. The summed E-state index contributed by atoms with van der Waals surface area (Å²) in [6.07, 6.45) is 6.42. The minimum absolute atomic E-state index is 0.105. The summed E-state index contributed by atoms with van der Waals surface area (Å²) in [6, 6.07) is 16.2. The summed E-state index contributed by atoms with van der Waals surface area (Å²) in [5.41, 5.74) is 16.8. The van der Waals surface area contributed by atoms with E-state index in [9.17, 15) is 18.8 Å². The maximum Gasteiger partial charge on any atom is 0.314 e. The Kier molecular flexibility index (Phi) is 30.9. The highest BCUT2D eigenvalue weighted by Crippen LogP contribution is 2.23. The van der Waals surface area contributed by atoms with Gasteiger partial charge in [0.15, 0.2) is 0 Å². The van der Waals surface area contributed by atoms with Gasteiger partial charge in [0.05, 0.1) is 0 Å². The van der Waals surface area contributed by atoms with Crippen LogP contribution in [0.1, 0.15) is 83.9 Å². The molecule has 1 atom stereocenters. The van der Waals surface area contributed by atoms with Crippen molar-refractivity contribution in [2.24, 2.45) is 11.7 Å². The molecule has 0 fully saturated rings. The third kappa shape index (κ3) is 21.4. The number of halogens is 1. The molecule has 2 aliphatic rings. The minimum atomic E-state index is -1.12. The smallest absolute Gasteiger partial charge is 0.314 e. The van der Waals surface area contributed by atoms with E-state index in [1.807, 2.05) is 40.0 Å². The topological polar surface area (TPSA) is 222 Å². The van der Waals surface area contributed by atoms with Gasteiger partial charge in [-0.25, -0.2) is 9.18 Å². The van der Waals surface area contributed by atoms with Crippen molar-refractivity contribution in [3.05, 3.63) is 75.8 Å². The van der Waals surface area contributed by atoms with E-state index >= 15 is 0 Å². The molecule has 5 rings (SSSR count). The number of anilines is 1. The Morgan fingerprint density at radius 1 is 1.02 bits per heavy atom. The molecular weight excluding hydrogens is 718 g/mol. The van der Waals surface area contributed by atoms with Gasteiger partial charge in [0.25, 0.3) is 6.47 Å². The lowest BCUT2D eigenvalue weighted by molar-refractivity contribution is -0.123. The molecule has 312 valence electrons. The SMILES string of the molecule is CC.CC(C)CCC=O.CCCNC(=O)NC.CCc1ccc(N)cc1.CNCc1ccc(-c2[nH]c3c4c2CCNC(=O)C=4CC(F)C=3)cc1.NC=O.O=CO. The highest BCUT2D eigenvalue weighted by Gasteiger charge is 2.26. The van der Waals surface area contributed by atoms with Gasteiger partial charge >= 0.3 is 6.03 Å². The van der Waals surface area contributed by atoms with Crippen LogP contribution in [-0.2, 0) is 38.6 Å². The lowest BCUT2D eigenvalue weighted by Crippen LogP contribution is -2.36. The van der Waals surface area contributed by atoms with E-state index in [0.717, 1.165) is 84.6 Å². The average molecular weight is 784 g/mol. The fourth-order valence-corrected chi connectivity index (χ4v) is 5.15. The zero-order valence-corrected chi connectivity index (χ0v) is 34.5. The monoisotopic (exact) mass is 784 g/mol. The van der Waals surface area contributed by atoms with E-state index in [0.29, 0.717) is 18.0 Å². The molecule has 1 aliphatic heterocycles. The molecule has 1 aliphatic carbocycles. The number of benzene rings is 2. The van der Waals surface area contributed by atoms with Crippen LogP contribution < -0.4 is 43.3 Å². The predicted molar refractivity (Wildman–Crippen MR) is 226 cm³/mol. The van der Waals surface area contributed by atoms with Gasteiger partial charge in [-0.2, -0.15) is 0 Å². The Labute approximate surface area is 332 Å². The first-order valence-corrected chi connectivity index (χ1v) is 19.0. The number of alkyl halides is 1. The molecule has 14 heteroatoms. The predicted octanol–water partition coefficient (Wildman–Crippen LogP) is 4.35. The van der Waals surface area contributed by atoms with Gasteiger partial charge in [0.1, 0.15) is 12.5 Å². The van der Waals surface area contributed by atoms with Crippen molar-refractivity contribution in [2.75, 3.05) is 32.9 Å². The van der Waals surface area contributed by atoms with Crippen LogP contribution in [-0.4, -0.2) is 74.6 Å². The third-order valence-corrected chi connectivity index (χ3v) is 7.75. The number of carboxylic acid groups (broad SMARTS) is 1. The van der Waals surface area contributed by atoms with Gasteiger partial charge in [-0.05, 0) is 79.1 Å². The summed E-state index contributed by atoms with van der Waals surface area (Å²) in [6.45, 7) is 14.3. The van der Waals surface area contributed by atoms with Crippen LogP contribution in [0.5, 0.6) is 0 Å². The van der Waals surface area contributed by atoms with Gasteiger partial charge in [0, 0.05) is 67.0 Å². The van der Waals surface area contributed by atoms with Crippen molar-refractivity contribution in [1.29, 1.82) is 0 Å². The van der Waals surface area contributed by atoms with Crippen LogP contribution in [0.3, 0.4) is 0 Å². The molecular formula is C42H66FN7O6. The average Bonchev–Trinajstić information content (AvgIpc) is 3.47. The Morgan fingerprint density at radius 2 is 1.59 bits per heavy atom. The zero-order valence-electron chi connectivity index (χ0n) is 34.5. The maximum atomic E-state index is 14.0. The highest BCUT2D eigenvalue weighted by molar-refractivity contribution is 6.14. The summed E-state index contributed by atoms with van der Waals surface area (Å²) in [5, 5.41) is 19.6. The lowest BCUT2D eigenvalue weighted by Gasteiger charge is -2.10. The number of amides is 4. The van der Waals surface area contributed by atoms with E-state index in [-0.39, 0.29) is 31.2 Å². The lowest BCUT2D eigenvalue weighted by atomic mass is 9.97. The number of nitrogens with one attached hydrogen (secondary N) is 5. The quantitative estimate of drug-likeness (QED) is 0.115. The van der Waals surface area contributed by atoms with Crippen LogP contribution in [0.15, 0.2) is 48.5 Å². The molecule has 1 unspecified atom stereocenters. The number of aromatic nitrogens is 1. The largest absolute Gasteiger partial charge is 0.483 e. The molecule has 0 saturated heterocycles. The van der Waals surface area contributed by atoms with Gasteiger partial charge in [-0.3, -0.25) is 14.4 Å². The summed E-state index contributed by atoms with van der Waals surface area (Å²) in [5.74, 6) is 0.533. The maximum absolute atomic E-state index is 14.0. The van der Waals surface area contributed by atoms with Crippen LogP contribution in [0, 0.1) is 5.92 Å². The molecule has 2 aromatic carbocycles. The number of H-pyrrole nitrogens is 1. The second kappa shape index (κ2) is 32.9. The second-order valence-electron chi connectivity index (χ2n) is 12.3. The van der Waals surface area contributed by atoms with Gasteiger partial charge < -0.3 is 47.6 Å². The fourth-order valence-electron chi connectivity index (χ4n) is 5.15. The van der Waals surface area contributed by atoms with E-state index < -0.39 is 6.17 Å².